The number of carbonyl (C=O) groups is 1. The van der Waals surface area contributed by atoms with Gasteiger partial charge in [0.1, 0.15) is 10.6 Å². The number of hydrogen-bond acceptors (Lipinski definition) is 4. The number of ether oxygens (including phenoxy) is 1. The quantitative estimate of drug-likeness (QED) is 0.477. The van der Waals surface area contributed by atoms with E-state index in [1.54, 1.807) is 25.1 Å². The van der Waals surface area contributed by atoms with Gasteiger partial charge in [-0.15, -0.1) is 0 Å². The summed E-state index contributed by atoms with van der Waals surface area (Å²) in [7, 11) is -2.58. The number of carbonyl (C=O) groups excluding carboxylic acids is 1. The SMILES string of the molecule is COc1ccc(Cl)cc1NC(=O)c1ccc(Cl)c(S(=O)(=O)Nc2cc(C)ccc2C)c1. The number of halogens is 2. The molecule has 0 bridgehead atoms. The van der Waals surface area contributed by atoms with Gasteiger partial charge in [0, 0.05) is 10.6 Å². The van der Waals surface area contributed by atoms with Crippen molar-refractivity contribution in [1.82, 2.24) is 0 Å². The zero-order valence-electron chi connectivity index (χ0n) is 17.0. The third-order valence-electron chi connectivity index (χ3n) is 4.53. The fourth-order valence-electron chi connectivity index (χ4n) is 2.87. The van der Waals surface area contributed by atoms with E-state index in [9.17, 15) is 13.2 Å². The first-order chi connectivity index (χ1) is 14.6. The highest BCUT2D eigenvalue weighted by Gasteiger charge is 2.22. The molecule has 0 aromatic heterocycles. The molecule has 3 rings (SSSR count). The number of anilines is 2. The predicted octanol–water partition coefficient (Wildman–Crippen LogP) is 5.67. The van der Waals surface area contributed by atoms with Gasteiger partial charge in [0.2, 0.25) is 0 Å². The molecule has 2 N–H and O–H groups in total. The molecule has 0 aliphatic rings. The number of amides is 1. The van der Waals surface area contributed by atoms with E-state index in [2.05, 4.69) is 10.0 Å². The molecular weight excluding hydrogens is 459 g/mol. The van der Waals surface area contributed by atoms with Crippen LogP contribution < -0.4 is 14.8 Å². The summed E-state index contributed by atoms with van der Waals surface area (Å²) in [5.74, 6) is -0.128. The lowest BCUT2D eigenvalue weighted by molar-refractivity contribution is 0.102. The van der Waals surface area contributed by atoms with E-state index in [1.165, 1.54) is 31.4 Å². The Hall–Kier alpha value is -2.74. The number of nitrogens with one attached hydrogen (secondary N) is 2. The molecule has 0 aliphatic heterocycles. The van der Waals surface area contributed by atoms with Crippen molar-refractivity contribution in [2.45, 2.75) is 18.7 Å². The van der Waals surface area contributed by atoms with E-state index in [4.69, 9.17) is 27.9 Å². The molecule has 162 valence electrons. The van der Waals surface area contributed by atoms with E-state index in [1.807, 2.05) is 19.1 Å². The van der Waals surface area contributed by atoms with Crippen LogP contribution in [0, 0.1) is 13.8 Å². The molecule has 3 aromatic rings. The van der Waals surface area contributed by atoms with Crippen molar-refractivity contribution in [1.29, 1.82) is 0 Å². The highest BCUT2D eigenvalue weighted by Crippen LogP contribution is 2.30. The summed E-state index contributed by atoms with van der Waals surface area (Å²) in [4.78, 5) is 12.6. The normalized spacial score (nSPS) is 11.1. The Morgan fingerprint density at radius 2 is 1.68 bits per heavy atom. The van der Waals surface area contributed by atoms with Gasteiger partial charge in [0.25, 0.3) is 15.9 Å². The molecule has 0 aliphatic carbocycles. The second kappa shape index (κ2) is 9.18. The fraction of sp³-hybridized carbons (Fsp3) is 0.136. The molecule has 9 heteroatoms. The van der Waals surface area contributed by atoms with Crippen molar-refractivity contribution >= 4 is 50.5 Å². The Morgan fingerprint density at radius 1 is 0.935 bits per heavy atom. The maximum absolute atomic E-state index is 13.0. The molecule has 0 saturated carbocycles. The van der Waals surface area contributed by atoms with E-state index in [0.717, 1.165) is 11.1 Å². The van der Waals surface area contributed by atoms with Crippen molar-refractivity contribution in [3.63, 3.8) is 0 Å². The average Bonchev–Trinajstić information content (AvgIpc) is 2.71. The van der Waals surface area contributed by atoms with Gasteiger partial charge in [-0.05, 0) is 67.4 Å². The lowest BCUT2D eigenvalue weighted by atomic mass is 10.1. The first-order valence-corrected chi connectivity index (χ1v) is 11.4. The van der Waals surface area contributed by atoms with Gasteiger partial charge in [-0.2, -0.15) is 0 Å². The minimum absolute atomic E-state index is 0.00491. The molecule has 1 amide bonds. The van der Waals surface area contributed by atoms with Gasteiger partial charge < -0.3 is 10.1 Å². The first-order valence-electron chi connectivity index (χ1n) is 9.15. The van der Waals surface area contributed by atoms with E-state index in [0.29, 0.717) is 22.1 Å². The lowest BCUT2D eigenvalue weighted by Crippen LogP contribution is -2.17. The summed E-state index contributed by atoms with van der Waals surface area (Å²) in [5, 5.41) is 3.08. The molecule has 0 fully saturated rings. The summed E-state index contributed by atoms with van der Waals surface area (Å²) >= 11 is 12.2. The van der Waals surface area contributed by atoms with Gasteiger partial charge in [-0.25, -0.2) is 8.42 Å². The number of aryl methyl sites for hydroxylation is 2. The smallest absolute Gasteiger partial charge is 0.263 e. The molecule has 0 atom stereocenters. The highest BCUT2D eigenvalue weighted by atomic mass is 35.5. The maximum atomic E-state index is 13.0. The van der Waals surface area contributed by atoms with Crippen LogP contribution in [0.4, 0.5) is 11.4 Å². The van der Waals surface area contributed by atoms with Crippen molar-refractivity contribution < 1.29 is 17.9 Å². The second-order valence-corrected chi connectivity index (χ2v) is 9.36. The average molecular weight is 479 g/mol. The molecule has 6 nitrogen and oxygen atoms in total. The predicted molar refractivity (Wildman–Crippen MR) is 124 cm³/mol. The van der Waals surface area contributed by atoms with E-state index < -0.39 is 15.9 Å². The van der Waals surface area contributed by atoms with Crippen LogP contribution in [-0.2, 0) is 10.0 Å². The lowest BCUT2D eigenvalue weighted by Gasteiger charge is -2.14. The van der Waals surface area contributed by atoms with E-state index in [-0.39, 0.29) is 15.5 Å². The number of benzene rings is 3. The highest BCUT2D eigenvalue weighted by molar-refractivity contribution is 7.92. The topological polar surface area (TPSA) is 84.5 Å². The van der Waals surface area contributed by atoms with Crippen LogP contribution in [0.3, 0.4) is 0 Å². The van der Waals surface area contributed by atoms with Gasteiger partial charge in [-0.3, -0.25) is 9.52 Å². The van der Waals surface area contributed by atoms with Gasteiger partial charge in [0.05, 0.1) is 23.5 Å². The van der Waals surface area contributed by atoms with Crippen LogP contribution in [0.1, 0.15) is 21.5 Å². The van der Waals surface area contributed by atoms with Crippen molar-refractivity contribution in [3.8, 4) is 5.75 Å². The zero-order valence-corrected chi connectivity index (χ0v) is 19.3. The minimum Gasteiger partial charge on any atom is -0.495 e. The molecule has 0 saturated heterocycles. The number of sulfonamides is 1. The third kappa shape index (κ3) is 5.31. The summed E-state index contributed by atoms with van der Waals surface area (Å²) < 4.78 is 33.8. The van der Waals surface area contributed by atoms with Crippen LogP contribution in [-0.4, -0.2) is 21.4 Å². The van der Waals surface area contributed by atoms with Crippen LogP contribution in [0.25, 0.3) is 0 Å². The van der Waals surface area contributed by atoms with Crippen molar-refractivity contribution in [2.75, 3.05) is 17.1 Å². The first kappa shape index (κ1) is 22.9. The third-order valence-corrected chi connectivity index (χ3v) is 6.61. The largest absolute Gasteiger partial charge is 0.495 e. The van der Waals surface area contributed by atoms with Crippen LogP contribution >= 0.6 is 23.2 Å². The van der Waals surface area contributed by atoms with Gasteiger partial charge in [0.15, 0.2) is 0 Å². The van der Waals surface area contributed by atoms with Crippen LogP contribution in [0.15, 0.2) is 59.5 Å². The Bertz CT molecular complexity index is 1260. The summed E-state index contributed by atoms with van der Waals surface area (Å²) in [6.45, 7) is 3.65. The number of rotatable bonds is 6. The monoisotopic (exact) mass is 478 g/mol. The number of methoxy groups -OCH3 is 1. The Balaban J connectivity index is 1.93. The van der Waals surface area contributed by atoms with E-state index >= 15 is 0 Å². The molecule has 0 spiro atoms. The Morgan fingerprint density at radius 3 is 2.39 bits per heavy atom. The van der Waals surface area contributed by atoms with Crippen molar-refractivity contribution in [2.24, 2.45) is 0 Å². The zero-order chi connectivity index (χ0) is 22.8. The van der Waals surface area contributed by atoms with Crippen LogP contribution in [0.2, 0.25) is 10.0 Å². The van der Waals surface area contributed by atoms with Crippen LogP contribution in [0.5, 0.6) is 5.75 Å². The standard InChI is InChI=1S/C22H20Cl2N2O4S/c1-13-4-5-14(2)18(10-13)26-31(28,29)21-11-15(6-8-17(21)24)22(27)25-19-12-16(23)7-9-20(19)30-3/h4-12,26H,1-3H3,(H,25,27). The maximum Gasteiger partial charge on any atom is 0.263 e. The Kier molecular flexibility index (Phi) is 6.79. The minimum atomic E-state index is -4.04. The van der Waals surface area contributed by atoms with Gasteiger partial charge in [-0.1, -0.05) is 35.3 Å². The molecular formula is C22H20Cl2N2O4S. The molecule has 0 unspecified atom stereocenters. The second-order valence-electron chi connectivity index (χ2n) is 6.87. The molecule has 3 aromatic carbocycles. The Labute approximate surface area is 191 Å². The molecule has 0 heterocycles. The van der Waals surface area contributed by atoms with Crippen molar-refractivity contribution in [3.05, 3.63) is 81.3 Å². The molecule has 31 heavy (non-hydrogen) atoms. The summed E-state index contributed by atoms with van der Waals surface area (Å²) in [5.41, 5.74) is 2.56. The molecule has 0 radical (unpaired) electrons. The number of hydrogen-bond donors (Lipinski definition) is 2. The fourth-order valence-corrected chi connectivity index (χ4v) is 4.69. The van der Waals surface area contributed by atoms with Gasteiger partial charge >= 0.3 is 0 Å². The summed E-state index contributed by atoms with van der Waals surface area (Å²) in [6.07, 6.45) is 0. The summed E-state index contributed by atoms with van der Waals surface area (Å²) in [6, 6.07) is 14.2.